The van der Waals surface area contributed by atoms with Crippen molar-refractivity contribution in [3.05, 3.63) is 108 Å². The molecule has 3 heterocycles. The Morgan fingerprint density at radius 3 is 2.50 bits per heavy atom. The number of carbonyl (C=O) groups excluding carboxylic acids is 3. The molecule has 0 radical (unpaired) electrons. The van der Waals surface area contributed by atoms with Gasteiger partial charge in [-0.15, -0.1) is 0 Å². The molecule has 0 spiro atoms. The predicted octanol–water partition coefficient (Wildman–Crippen LogP) is 5.06. The van der Waals surface area contributed by atoms with Crippen LogP contribution in [0.5, 0.6) is 11.5 Å². The van der Waals surface area contributed by atoms with Crippen LogP contribution in [0.4, 0.5) is 0 Å². The van der Waals surface area contributed by atoms with Crippen LogP contribution in [0.15, 0.2) is 103 Å². The van der Waals surface area contributed by atoms with Gasteiger partial charge >= 0.3 is 0 Å². The molecule has 1 aromatic heterocycles. The number of allylic oxidation sites excluding steroid dienone is 4. The second-order valence-corrected chi connectivity index (χ2v) is 9.97. The summed E-state index contributed by atoms with van der Waals surface area (Å²) in [5.41, 5.74) is 3.14. The van der Waals surface area contributed by atoms with E-state index >= 15 is 0 Å². The topological polar surface area (TPSA) is 112 Å². The second-order valence-electron chi connectivity index (χ2n) is 9.97. The lowest BCUT2D eigenvalue weighted by atomic mass is 10.0. The number of Topliss-reactive ketones (excluding diaryl/α,β-unsaturated/α-hetero) is 1. The summed E-state index contributed by atoms with van der Waals surface area (Å²) in [4.78, 5) is 39.8. The summed E-state index contributed by atoms with van der Waals surface area (Å²) in [6.45, 7) is 6.56. The van der Waals surface area contributed by atoms with Gasteiger partial charge in [-0.2, -0.15) is 5.10 Å². The van der Waals surface area contributed by atoms with Crippen molar-refractivity contribution < 1.29 is 23.9 Å². The fourth-order valence-electron chi connectivity index (χ4n) is 4.58. The van der Waals surface area contributed by atoms with Gasteiger partial charge in [0.1, 0.15) is 30.8 Å². The number of ether oxygens (including phenoxy) is 2. The molecule has 2 aromatic carbocycles. The van der Waals surface area contributed by atoms with Gasteiger partial charge in [-0.05, 0) is 74.4 Å². The molecular formula is C35H38N4O5. The highest BCUT2D eigenvalue weighted by molar-refractivity contribution is 6.38. The Morgan fingerprint density at radius 1 is 1.05 bits per heavy atom. The summed E-state index contributed by atoms with van der Waals surface area (Å²) in [5.74, 6) is -0.645. The molecule has 9 nitrogen and oxygen atoms in total. The minimum absolute atomic E-state index is 0.116. The van der Waals surface area contributed by atoms with E-state index in [9.17, 15) is 14.4 Å². The van der Waals surface area contributed by atoms with E-state index in [4.69, 9.17) is 14.6 Å². The van der Waals surface area contributed by atoms with E-state index in [1.54, 1.807) is 42.1 Å². The maximum Gasteiger partial charge on any atom is 0.289 e. The Balaban J connectivity index is 1.78. The van der Waals surface area contributed by atoms with E-state index in [0.717, 1.165) is 11.1 Å². The van der Waals surface area contributed by atoms with Gasteiger partial charge in [0.2, 0.25) is 5.78 Å². The van der Waals surface area contributed by atoms with E-state index in [1.165, 1.54) is 0 Å². The number of nitrogens with one attached hydrogen (secondary N) is 2. The number of hydrogen-bond acceptors (Lipinski definition) is 6. The summed E-state index contributed by atoms with van der Waals surface area (Å²) >= 11 is 0. The fraction of sp³-hybridized carbons (Fsp3) is 0.257. The first-order valence-corrected chi connectivity index (χ1v) is 14.8. The molecule has 0 fully saturated rings. The van der Waals surface area contributed by atoms with Gasteiger partial charge in [0, 0.05) is 24.7 Å². The Hall–Kier alpha value is -5.18. The zero-order valence-electron chi connectivity index (χ0n) is 25.3. The summed E-state index contributed by atoms with van der Waals surface area (Å²) in [6, 6.07) is 15.6. The Labute approximate surface area is 257 Å². The molecule has 1 atom stereocenters. The van der Waals surface area contributed by atoms with Gasteiger partial charge < -0.3 is 20.1 Å². The third kappa shape index (κ3) is 8.44. The van der Waals surface area contributed by atoms with Gasteiger partial charge in [0.25, 0.3) is 11.8 Å². The predicted molar refractivity (Wildman–Crippen MR) is 171 cm³/mol. The van der Waals surface area contributed by atoms with Crippen molar-refractivity contribution in [2.24, 2.45) is 0 Å². The highest BCUT2D eigenvalue weighted by Gasteiger charge is 2.29. The van der Waals surface area contributed by atoms with E-state index in [2.05, 4.69) is 10.6 Å². The number of fused-ring (bicyclic) bond motifs is 11. The van der Waals surface area contributed by atoms with Gasteiger partial charge in [-0.1, -0.05) is 49.4 Å². The van der Waals surface area contributed by atoms with Crippen molar-refractivity contribution in [2.45, 2.75) is 39.7 Å². The first-order chi connectivity index (χ1) is 21.4. The summed E-state index contributed by atoms with van der Waals surface area (Å²) in [5, 5.41) is 10.2. The number of nitrogens with zero attached hydrogens (tertiary/aromatic N) is 2. The maximum absolute atomic E-state index is 13.9. The summed E-state index contributed by atoms with van der Waals surface area (Å²) in [7, 11) is 0. The normalized spacial score (nSPS) is 18.5. The Bertz CT molecular complexity index is 1580. The summed E-state index contributed by atoms with van der Waals surface area (Å²) in [6.07, 6.45) is 13.4. The monoisotopic (exact) mass is 594 g/mol. The summed E-state index contributed by atoms with van der Waals surface area (Å²) < 4.78 is 13.4. The standard InChI is InChI=1S/C35H38N4O5/c1-4-7-14-29-32(11-5-2)39-20-19-30(38-39)26-12-10-13-28(24-26)44-22-9-8-21-43-27-17-15-25(16-18-27)23-31(37-34(29)41)33(40)35(42)36-6-3/h4,7-20,24,31H,5-6,21-23H2,1-3H3,(H,36,42)(H,37,41)/b7-4-,9-8+,29-14+,32-11-. The molecule has 0 saturated heterocycles. The molecule has 2 aliphatic rings. The number of ketones is 1. The van der Waals surface area contributed by atoms with Gasteiger partial charge in [-0.3, -0.25) is 14.4 Å². The van der Waals surface area contributed by atoms with Crippen LogP contribution < -0.4 is 20.1 Å². The lowest BCUT2D eigenvalue weighted by Crippen LogP contribution is -2.49. The SMILES string of the molecule is C\C=C/C=C1/C(=O)NC(C(=O)C(=O)NCC)Cc2ccc(cc2)OC/C=C/COc2cccc(c2)-c2ccn(n2)/C1=C\CC. The quantitative estimate of drug-likeness (QED) is 0.243. The number of amides is 2. The molecule has 0 aliphatic carbocycles. The molecule has 228 valence electrons. The molecule has 2 aliphatic heterocycles. The highest BCUT2D eigenvalue weighted by atomic mass is 16.5. The van der Waals surface area contributed by atoms with Crippen LogP contribution in [0.25, 0.3) is 17.0 Å². The Morgan fingerprint density at radius 2 is 1.80 bits per heavy atom. The van der Waals surface area contributed by atoms with E-state index < -0.39 is 23.6 Å². The number of carbonyl (C=O) groups is 3. The third-order valence-corrected chi connectivity index (χ3v) is 6.74. The zero-order valence-corrected chi connectivity index (χ0v) is 25.3. The molecule has 2 N–H and O–H groups in total. The van der Waals surface area contributed by atoms with Crippen molar-refractivity contribution in [1.29, 1.82) is 0 Å². The third-order valence-electron chi connectivity index (χ3n) is 6.74. The smallest absolute Gasteiger partial charge is 0.289 e. The van der Waals surface area contributed by atoms with Gasteiger partial charge in [0.05, 0.1) is 17.0 Å². The molecular weight excluding hydrogens is 556 g/mol. The number of aromatic nitrogens is 2. The second kappa shape index (κ2) is 15.9. The molecule has 5 rings (SSSR count). The minimum atomic E-state index is -1.10. The molecule has 9 heteroatoms. The van der Waals surface area contributed by atoms with Crippen LogP contribution >= 0.6 is 0 Å². The highest BCUT2D eigenvalue weighted by Crippen LogP contribution is 2.25. The van der Waals surface area contributed by atoms with E-state index in [0.29, 0.717) is 48.1 Å². The number of rotatable bonds is 5. The largest absolute Gasteiger partial charge is 0.490 e. The number of hydrogen-bond donors (Lipinski definition) is 2. The van der Waals surface area contributed by atoms with Crippen LogP contribution in [0.1, 0.15) is 32.8 Å². The van der Waals surface area contributed by atoms with E-state index in [-0.39, 0.29) is 13.0 Å². The Kier molecular flexibility index (Phi) is 11.5. The lowest BCUT2D eigenvalue weighted by Gasteiger charge is -2.20. The van der Waals surface area contributed by atoms with Crippen LogP contribution in [-0.2, 0) is 20.8 Å². The van der Waals surface area contributed by atoms with Crippen LogP contribution in [-0.4, -0.2) is 53.2 Å². The van der Waals surface area contributed by atoms with E-state index in [1.807, 2.05) is 80.6 Å². The number of likely N-dealkylation sites (N-methyl/N-ethyl adjacent to an activating group) is 1. The van der Waals surface area contributed by atoms with Crippen LogP contribution in [0.2, 0.25) is 0 Å². The minimum Gasteiger partial charge on any atom is -0.490 e. The first-order valence-electron chi connectivity index (χ1n) is 14.8. The molecule has 44 heavy (non-hydrogen) atoms. The lowest BCUT2D eigenvalue weighted by molar-refractivity contribution is -0.139. The van der Waals surface area contributed by atoms with Crippen LogP contribution in [0.3, 0.4) is 0 Å². The average Bonchev–Trinajstić information content (AvgIpc) is 3.52. The molecule has 6 bridgehead atoms. The van der Waals surface area contributed by atoms with Crippen molar-refractivity contribution in [3.8, 4) is 22.8 Å². The molecule has 2 amide bonds. The van der Waals surface area contributed by atoms with Crippen molar-refractivity contribution in [1.82, 2.24) is 20.4 Å². The van der Waals surface area contributed by atoms with Gasteiger partial charge in [0.15, 0.2) is 0 Å². The fourth-order valence-corrected chi connectivity index (χ4v) is 4.58. The van der Waals surface area contributed by atoms with Crippen molar-refractivity contribution >= 4 is 23.3 Å². The number of benzene rings is 2. The van der Waals surface area contributed by atoms with Crippen molar-refractivity contribution in [2.75, 3.05) is 19.8 Å². The maximum atomic E-state index is 13.9. The molecule has 1 unspecified atom stereocenters. The van der Waals surface area contributed by atoms with Gasteiger partial charge in [-0.25, -0.2) is 4.68 Å². The first kappa shape index (κ1) is 31.7. The van der Waals surface area contributed by atoms with Crippen molar-refractivity contribution in [3.63, 3.8) is 0 Å². The zero-order chi connectivity index (χ0) is 31.3. The van der Waals surface area contributed by atoms with Crippen LogP contribution in [0, 0.1) is 0 Å². The molecule has 3 aromatic rings. The molecule has 0 saturated carbocycles. The average molecular weight is 595 g/mol.